The number of benzene rings is 1. The van der Waals surface area contributed by atoms with Crippen LogP contribution in [-0.4, -0.2) is 35.4 Å². The fraction of sp³-hybridized carbons (Fsp3) is 0.125. The minimum Gasteiger partial charge on any atom is -0.508 e. The Bertz CT molecular complexity index is 411. The average Bonchev–Trinajstić information content (AvgIpc) is 2.01. The SMILES string of the molecule is CS(=O)(=O)O.O=C(O)c1ccc(O)cc1. The molecule has 0 saturated carbocycles. The van der Waals surface area contributed by atoms with Crippen molar-refractivity contribution in [1.29, 1.82) is 0 Å². The van der Waals surface area contributed by atoms with Crippen molar-refractivity contribution in [2.75, 3.05) is 6.26 Å². The van der Waals surface area contributed by atoms with Gasteiger partial charge in [-0.1, -0.05) is 0 Å². The molecule has 0 aliphatic heterocycles. The molecule has 0 bridgehead atoms. The van der Waals surface area contributed by atoms with Gasteiger partial charge in [0.05, 0.1) is 11.8 Å². The first-order valence-electron chi connectivity index (χ1n) is 3.65. The van der Waals surface area contributed by atoms with E-state index in [1.54, 1.807) is 0 Å². The average molecular weight is 234 g/mol. The predicted molar refractivity (Wildman–Crippen MR) is 52.5 cm³/mol. The van der Waals surface area contributed by atoms with Crippen molar-refractivity contribution in [3.05, 3.63) is 29.8 Å². The van der Waals surface area contributed by atoms with Crippen LogP contribution < -0.4 is 0 Å². The number of phenolic OH excluding ortho intramolecular Hbond substituents is 1. The molecular weight excluding hydrogens is 224 g/mol. The van der Waals surface area contributed by atoms with E-state index in [1.807, 2.05) is 0 Å². The molecule has 6 nitrogen and oxygen atoms in total. The summed E-state index contributed by atoms with van der Waals surface area (Å²) in [5, 5.41) is 17.1. The molecule has 0 atom stereocenters. The Labute approximate surface area is 86.5 Å². The largest absolute Gasteiger partial charge is 0.508 e. The molecule has 15 heavy (non-hydrogen) atoms. The second-order valence-corrected chi connectivity index (χ2v) is 4.05. The molecular formula is C8H10O6S. The Morgan fingerprint density at radius 2 is 1.53 bits per heavy atom. The molecule has 0 radical (unpaired) electrons. The molecule has 1 aromatic rings. The summed E-state index contributed by atoms with van der Waals surface area (Å²) >= 11 is 0. The molecule has 1 aromatic carbocycles. The summed E-state index contributed by atoms with van der Waals surface area (Å²) in [6.45, 7) is 0. The second kappa shape index (κ2) is 5.32. The van der Waals surface area contributed by atoms with E-state index in [0.717, 1.165) is 0 Å². The summed E-state index contributed by atoms with van der Waals surface area (Å²) in [6, 6.07) is 5.36. The van der Waals surface area contributed by atoms with Gasteiger partial charge in [0.1, 0.15) is 5.75 Å². The van der Waals surface area contributed by atoms with Crippen LogP contribution in [0.2, 0.25) is 0 Å². The van der Waals surface area contributed by atoms with E-state index in [1.165, 1.54) is 24.3 Å². The molecule has 0 saturated heterocycles. The van der Waals surface area contributed by atoms with Gasteiger partial charge in [0.25, 0.3) is 10.1 Å². The lowest BCUT2D eigenvalue weighted by molar-refractivity contribution is 0.0697. The van der Waals surface area contributed by atoms with Crippen molar-refractivity contribution in [3.8, 4) is 5.75 Å². The molecule has 0 fully saturated rings. The first-order valence-corrected chi connectivity index (χ1v) is 5.50. The van der Waals surface area contributed by atoms with Crippen molar-refractivity contribution < 1.29 is 28.0 Å². The molecule has 0 heterocycles. The number of aromatic hydroxyl groups is 1. The third-order valence-electron chi connectivity index (χ3n) is 1.11. The number of carbonyl (C=O) groups is 1. The fourth-order valence-corrected chi connectivity index (χ4v) is 0.604. The number of hydrogen-bond acceptors (Lipinski definition) is 4. The number of rotatable bonds is 1. The zero-order chi connectivity index (χ0) is 12.1. The Hall–Kier alpha value is -1.60. The number of carboxylic acids is 1. The van der Waals surface area contributed by atoms with Gasteiger partial charge in [-0.3, -0.25) is 4.55 Å². The lowest BCUT2D eigenvalue weighted by Gasteiger charge is -1.92. The van der Waals surface area contributed by atoms with Crippen molar-refractivity contribution in [1.82, 2.24) is 0 Å². The predicted octanol–water partition coefficient (Wildman–Crippen LogP) is 0.594. The normalized spacial score (nSPS) is 10.0. The van der Waals surface area contributed by atoms with Gasteiger partial charge in [0.15, 0.2) is 0 Å². The molecule has 0 spiro atoms. The van der Waals surface area contributed by atoms with Crippen molar-refractivity contribution in [3.63, 3.8) is 0 Å². The van der Waals surface area contributed by atoms with Gasteiger partial charge in [-0.25, -0.2) is 4.79 Å². The Morgan fingerprint density at radius 3 is 1.80 bits per heavy atom. The number of carboxylic acid groups (broad SMARTS) is 1. The maximum atomic E-state index is 10.2. The van der Waals surface area contributed by atoms with E-state index in [4.69, 9.17) is 14.8 Å². The standard InChI is InChI=1S/C7H6O3.CH4O3S/c8-6-3-1-5(2-4-6)7(9)10;1-5(2,3)4/h1-4,8H,(H,9,10);1H3,(H,2,3,4). The van der Waals surface area contributed by atoms with Crippen LogP contribution in [0.3, 0.4) is 0 Å². The van der Waals surface area contributed by atoms with Crippen LogP contribution in [0.1, 0.15) is 10.4 Å². The van der Waals surface area contributed by atoms with E-state index in [2.05, 4.69) is 0 Å². The summed E-state index contributed by atoms with van der Waals surface area (Å²) < 4.78 is 25.9. The van der Waals surface area contributed by atoms with Gasteiger partial charge in [0.2, 0.25) is 0 Å². The zero-order valence-electron chi connectivity index (χ0n) is 7.78. The van der Waals surface area contributed by atoms with E-state index in [9.17, 15) is 13.2 Å². The number of aromatic carboxylic acids is 1. The molecule has 1 rings (SSSR count). The molecule has 0 aliphatic carbocycles. The van der Waals surface area contributed by atoms with E-state index >= 15 is 0 Å². The maximum Gasteiger partial charge on any atom is 0.335 e. The zero-order valence-corrected chi connectivity index (χ0v) is 8.60. The first kappa shape index (κ1) is 13.4. The third-order valence-corrected chi connectivity index (χ3v) is 1.11. The summed E-state index contributed by atoms with van der Waals surface area (Å²) in [5.74, 6) is -0.912. The monoisotopic (exact) mass is 234 g/mol. The highest BCUT2D eigenvalue weighted by Gasteiger charge is 1.99. The highest BCUT2D eigenvalue weighted by Crippen LogP contribution is 2.08. The highest BCUT2D eigenvalue weighted by atomic mass is 32.2. The Kier molecular flexibility index (Phi) is 4.75. The minimum atomic E-state index is -3.67. The maximum absolute atomic E-state index is 10.2. The second-order valence-electron chi connectivity index (χ2n) is 2.59. The van der Waals surface area contributed by atoms with Gasteiger partial charge >= 0.3 is 5.97 Å². The lowest BCUT2D eigenvalue weighted by Crippen LogP contribution is -1.93. The number of hydrogen-bond donors (Lipinski definition) is 3. The molecule has 84 valence electrons. The van der Waals surface area contributed by atoms with Gasteiger partial charge in [-0.15, -0.1) is 0 Å². The van der Waals surface area contributed by atoms with Crippen LogP contribution in [0.25, 0.3) is 0 Å². The third kappa shape index (κ3) is 8.72. The lowest BCUT2D eigenvalue weighted by atomic mass is 10.2. The summed E-state index contributed by atoms with van der Waals surface area (Å²) in [6.07, 6.45) is 0.715. The smallest absolute Gasteiger partial charge is 0.335 e. The van der Waals surface area contributed by atoms with E-state index in [0.29, 0.717) is 6.26 Å². The first-order chi connectivity index (χ1) is 6.70. The summed E-state index contributed by atoms with van der Waals surface area (Å²) in [7, 11) is -3.67. The molecule has 3 N–H and O–H groups in total. The van der Waals surface area contributed by atoms with Crippen LogP contribution in [0, 0.1) is 0 Å². The van der Waals surface area contributed by atoms with E-state index < -0.39 is 16.1 Å². The number of phenols is 1. The Balaban J connectivity index is 0.000000336. The van der Waals surface area contributed by atoms with E-state index in [-0.39, 0.29) is 11.3 Å². The molecule has 0 unspecified atom stereocenters. The van der Waals surface area contributed by atoms with Crippen LogP contribution in [0.15, 0.2) is 24.3 Å². The fourth-order valence-electron chi connectivity index (χ4n) is 0.604. The quantitative estimate of drug-likeness (QED) is 0.613. The van der Waals surface area contributed by atoms with Crippen molar-refractivity contribution >= 4 is 16.1 Å². The molecule has 0 amide bonds. The molecule has 7 heteroatoms. The van der Waals surface area contributed by atoms with Crippen molar-refractivity contribution in [2.24, 2.45) is 0 Å². The van der Waals surface area contributed by atoms with Gasteiger partial charge in [-0.05, 0) is 24.3 Å². The summed E-state index contributed by atoms with van der Waals surface area (Å²) in [4.78, 5) is 10.2. The minimum absolute atomic E-state index is 0.0741. The van der Waals surface area contributed by atoms with Crippen molar-refractivity contribution in [2.45, 2.75) is 0 Å². The topological polar surface area (TPSA) is 112 Å². The summed E-state index contributed by atoms with van der Waals surface area (Å²) in [5.41, 5.74) is 0.179. The molecule has 0 aliphatic rings. The van der Waals surface area contributed by atoms with Gasteiger partial charge < -0.3 is 10.2 Å². The van der Waals surface area contributed by atoms with Gasteiger partial charge in [-0.2, -0.15) is 8.42 Å². The van der Waals surface area contributed by atoms with Crippen LogP contribution in [-0.2, 0) is 10.1 Å². The highest BCUT2D eigenvalue weighted by molar-refractivity contribution is 7.85. The molecule has 0 aromatic heterocycles. The van der Waals surface area contributed by atoms with Crippen LogP contribution in [0.5, 0.6) is 5.75 Å². The van der Waals surface area contributed by atoms with Gasteiger partial charge in [0, 0.05) is 0 Å². The van der Waals surface area contributed by atoms with Crippen LogP contribution >= 0.6 is 0 Å². The van der Waals surface area contributed by atoms with Crippen LogP contribution in [0.4, 0.5) is 0 Å². The Morgan fingerprint density at radius 1 is 1.20 bits per heavy atom.